The summed E-state index contributed by atoms with van der Waals surface area (Å²) in [7, 11) is 0. The van der Waals surface area contributed by atoms with Crippen molar-refractivity contribution in [3.8, 4) is 0 Å². The van der Waals surface area contributed by atoms with Crippen LogP contribution in [0.5, 0.6) is 0 Å². The van der Waals surface area contributed by atoms with Crippen LogP contribution in [0.25, 0.3) is 0 Å². The van der Waals surface area contributed by atoms with Gasteiger partial charge < -0.3 is 11.1 Å². The second-order valence-electron chi connectivity index (χ2n) is 3.24. The van der Waals surface area contributed by atoms with E-state index in [2.05, 4.69) is 5.32 Å². The number of benzene rings is 1. The maximum Gasteiger partial charge on any atom is 0.269 e. The van der Waals surface area contributed by atoms with Crippen LogP contribution in [-0.2, 0) is 11.3 Å². The Labute approximate surface area is 105 Å². The summed E-state index contributed by atoms with van der Waals surface area (Å²) in [5.74, 6) is -0.124. The number of amides is 1. The molecule has 0 atom stereocenters. The largest absolute Gasteiger partial charge is 0.352 e. The summed E-state index contributed by atoms with van der Waals surface area (Å²) in [5.41, 5.74) is 6.07. The second-order valence-corrected chi connectivity index (χ2v) is 3.24. The zero-order chi connectivity index (χ0) is 12.0. The van der Waals surface area contributed by atoms with Crippen molar-refractivity contribution in [3.05, 3.63) is 39.9 Å². The van der Waals surface area contributed by atoms with Crippen molar-refractivity contribution in [2.75, 3.05) is 6.54 Å². The zero-order valence-corrected chi connectivity index (χ0v) is 9.90. The number of carbonyl (C=O) groups is 1. The predicted molar refractivity (Wildman–Crippen MR) is 65.9 cm³/mol. The van der Waals surface area contributed by atoms with Gasteiger partial charge in [0.25, 0.3) is 5.69 Å². The quantitative estimate of drug-likeness (QED) is 0.608. The van der Waals surface area contributed by atoms with E-state index in [-0.39, 0.29) is 30.4 Å². The topological polar surface area (TPSA) is 98.3 Å². The fourth-order valence-electron chi connectivity index (χ4n) is 1.16. The number of carbonyl (C=O) groups excluding carboxylic acids is 1. The average Bonchev–Trinajstić information content (AvgIpc) is 2.27. The summed E-state index contributed by atoms with van der Waals surface area (Å²) in [6.07, 6.45) is 0.285. The van der Waals surface area contributed by atoms with Crippen molar-refractivity contribution in [3.63, 3.8) is 0 Å². The first-order valence-corrected chi connectivity index (χ1v) is 4.83. The summed E-state index contributed by atoms with van der Waals surface area (Å²) in [4.78, 5) is 21.0. The van der Waals surface area contributed by atoms with Crippen molar-refractivity contribution in [2.45, 2.75) is 13.0 Å². The summed E-state index contributed by atoms with van der Waals surface area (Å²) in [5, 5.41) is 13.0. The fraction of sp³-hybridized carbons (Fsp3) is 0.300. The third-order valence-corrected chi connectivity index (χ3v) is 2.01. The van der Waals surface area contributed by atoms with Gasteiger partial charge in [-0.05, 0) is 5.56 Å². The molecule has 0 aliphatic rings. The Kier molecular flexibility index (Phi) is 6.85. The average molecular weight is 260 g/mol. The SMILES string of the molecule is Cl.NCCC(=O)NCc1ccc([N+](=O)[O-])cc1. The number of non-ortho nitro benzene ring substituents is 1. The van der Waals surface area contributed by atoms with E-state index in [9.17, 15) is 14.9 Å². The second kappa shape index (κ2) is 7.59. The van der Waals surface area contributed by atoms with Gasteiger partial charge in [0.15, 0.2) is 0 Å². The van der Waals surface area contributed by atoms with Gasteiger partial charge in [-0.15, -0.1) is 12.4 Å². The number of halogens is 1. The van der Waals surface area contributed by atoms with Crippen LogP contribution in [0.1, 0.15) is 12.0 Å². The van der Waals surface area contributed by atoms with Gasteiger partial charge in [-0.3, -0.25) is 14.9 Å². The van der Waals surface area contributed by atoms with E-state index in [1.807, 2.05) is 0 Å². The van der Waals surface area contributed by atoms with Gasteiger partial charge in [-0.2, -0.15) is 0 Å². The molecule has 0 heterocycles. The zero-order valence-electron chi connectivity index (χ0n) is 9.09. The van der Waals surface area contributed by atoms with Crippen molar-refractivity contribution < 1.29 is 9.72 Å². The Morgan fingerprint density at radius 2 is 1.94 bits per heavy atom. The van der Waals surface area contributed by atoms with E-state index >= 15 is 0 Å². The van der Waals surface area contributed by atoms with Crippen LogP contribution in [0.2, 0.25) is 0 Å². The summed E-state index contributed by atoms with van der Waals surface area (Å²) in [6, 6.07) is 6.04. The monoisotopic (exact) mass is 259 g/mol. The molecule has 1 aromatic rings. The molecule has 0 bridgehead atoms. The first-order chi connectivity index (χ1) is 7.63. The lowest BCUT2D eigenvalue weighted by Crippen LogP contribution is -2.24. The number of hydrogen-bond donors (Lipinski definition) is 2. The maximum atomic E-state index is 11.1. The van der Waals surface area contributed by atoms with Crippen molar-refractivity contribution in [1.29, 1.82) is 0 Å². The Morgan fingerprint density at radius 1 is 1.35 bits per heavy atom. The molecule has 7 heteroatoms. The highest BCUT2D eigenvalue weighted by atomic mass is 35.5. The predicted octanol–water partition coefficient (Wildman–Crippen LogP) is 0.982. The molecule has 94 valence electrons. The molecule has 1 aromatic carbocycles. The minimum Gasteiger partial charge on any atom is -0.352 e. The number of rotatable bonds is 5. The number of nitrogens with one attached hydrogen (secondary N) is 1. The summed E-state index contributed by atoms with van der Waals surface area (Å²) >= 11 is 0. The highest BCUT2D eigenvalue weighted by Gasteiger charge is 2.04. The van der Waals surface area contributed by atoms with E-state index in [0.29, 0.717) is 13.1 Å². The van der Waals surface area contributed by atoms with Gasteiger partial charge in [0.2, 0.25) is 5.91 Å². The fourth-order valence-corrected chi connectivity index (χ4v) is 1.16. The van der Waals surface area contributed by atoms with Crippen LogP contribution in [0, 0.1) is 10.1 Å². The molecule has 0 spiro atoms. The molecule has 0 aliphatic heterocycles. The highest BCUT2D eigenvalue weighted by molar-refractivity contribution is 5.85. The molecule has 0 saturated heterocycles. The molecule has 1 rings (SSSR count). The lowest BCUT2D eigenvalue weighted by molar-refractivity contribution is -0.384. The third kappa shape index (κ3) is 5.28. The Morgan fingerprint density at radius 3 is 2.41 bits per heavy atom. The molecule has 1 amide bonds. The smallest absolute Gasteiger partial charge is 0.269 e. The molecule has 0 fully saturated rings. The first kappa shape index (κ1) is 15.3. The van der Waals surface area contributed by atoms with Gasteiger partial charge in [0, 0.05) is 31.6 Å². The molecule has 17 heavy (non-hydrogen) atoms. The minimum atomic E-state index is -0.462. The lowest BCUT2D eigenvalue weighted by Gasteiger charge is -2.03. The van der Waals surface area contributed by atoms with Gasteiger partial charge in [-0.1, -0.05) is 12.1 Å². The number of nitro benzene ring substituents is 1. The van der Waals surface area contributed by atoms with Gasteiger partial charge in [0.1, 0.15) is 0 Å². The molecule has 0 saturated carbocycles. The Hall–Kier alpha value is -1.66. The van der Waals surface area contributed by atoms with Crippen molar-refractivity contribution >= 4 is 24.0 Å². The highest BCUT2D eigenvalue weighted by Crippen LogP contribution is 2.11. The minimum absolute atomic E-state index is 0. The third-order valence-electron chi connectivity index (χ3n) is 2.01. The van der Waals surface area contributed by atoms with E-state index < -0.39 is 4.92 Å². The Balaban J connectivity index is 0.00000256. The lowest BCUT2D eigenvalue weighted by atomic mass is 10.2. The first-order valence-electron chi connectivity index (χ1n) is 4.83. The van der Waals surface area contributed by atoms with Crippen LogP contribution in [0.3, 0.4) is 0 Å². The number of nitrogens with zero attached hydrogens (tertiary/aromatic N) is 1. The molecule has 6 nitrogen and oxygen atoms in total. The standard InChI is InChI=1S/C10H13N3O3.ClH/c11-6-5-10(14)12-7-8-1-3-9(4-2-8)13(15)16;/h1-4H,5-7,11H2,(H,12,14);1H. The van der Waals surface area contributed by atoms with Gasteiger partial charge in [0.05, 0.1) is 4.92 Å². The van der Waals surface area contributed by atoms with Crippen LogP contribution in [0.15, 0.2) is 24.3 Å². The van der Waals surface area contributed by atoms with E-state index in [1.165, 1.54) is 12.1 Å². The molecule has 3 N–H and O–H groups in total. The summed E-state index contributed by atoms with van der Waals surface area (Å²) < 4.78 is 0. The van der Waals surface area contributed by atoms with E-state index in [0.717, 1.165) is 5.56 Å². The normalized spacial score (nSPS) is 9.24. The van der Waals surface area contributed by atoms with Crippen molar-refractivity contribution in [2.24, 2.45) is 5.73 Å². The number of nitro groups is 1. The molecule has 0 aromatic heterocycles. The van der Waals surface area contributed by atoms with Crippen molar-refractivity contribution in [1.82, 2.24) is 5.32 Å². The molecular weight excluding hydrogens is 246 g/mol. The molecule has 0 aliphatic carbocycles. The summed E-state index contributed by atoms with van der Waals surface area (Å²) in [6.45, 7) is 0.670. The number of hydrogen-bond acceptors (Lipinski definition) is 4. The molecule has 0 radical (unpaired) electrons. The van der Waals surface area contributed by atoms with E-state index in [1.54, 1.807) is 12.1 Å². The van der Waals surface area contributed by atoms with Crippen LogP contribution >= 0.6 is 12.4 Å². The Bertz CT molecular complexity index is 381. The van der Waals surface area contributed by atoms with Crippen LogP contribution in [-0.4, -0.2) is 17.4 Å². The number of nitrogens with two attached hydrogens (primary N) is 1. The van der Waals surface area contributed by atoms with Gasteiger partial charge >= 0.3 is 0 Å². The van der Waals surface area contributed by atoms with E-state index in [4.69, 9.17) is 5.73 Å². The maximum absolute atomic E-state index is 11.1. The molecular formula is C10H14ClN3O3. The van der Waals surface area contributed by atoms with Crippen LogP contribution in [0.4, 0.5) is 5.69 Å². The van der Waals surface area contributed by atoms with Crippen LogP contribution < -0.4 is 11.1 Å². The molecule has 0 unspecified atom stereocenters. The van der Waals surface area contributed by atoms with Gasteiger partial charge in [-0.25, -0.2) is 0 Å².